The van der Waals surface area contributed by atoms with Crippen LogP contribution < -0.4 is 15.6 Å². The highest BCUT2D eigenvalue weighted by molar-refractivity contribution is 7.94. The summed E-state index contributed by atoms with van der Waals surface area (Å²) >= 11 is 0. The van der Waals surface area contributed by atoms with Crippen molar-refractivity contribution in [2.45, 2.75) is 49.7 Å². The van der Waals surface area contributed by atoms with E-state index < -0.39 is 37.8 Å². The molecule has 0 bridgehead atoms. The SMILES string of the molecule is C[C@H](Oc1ccc2ccccc2c1)C(=O)NNC(=O)C(C)(C)S(=O)(=O)C1CC1. The Labute approximate surface area is 164 Å². The number of hydrazine groups is 1. The number of carbonyl (C=O) groups excluding carboxylic acids is 2. The van der Waals surface area contributed by atoms with Gasteiger partial charge in [-0.05, 0) is 56.5 Å². The first-order valence-corrected chi connectivity index (χ1v) is 10.7. The highest BCUT2D eigenvalue weighted by atomic mass is 32.2. The molecule has 0 heterocycles. The summed E-state index contributed by atoms with van der Waals surface area (Å²) in [6, 6.07) is 13.2. The van der Waals surface area contributed by atoms with Crippen molar-refractivity contribution >= 4 is 32.4 Å². The summed E-state index contributed by atoms with van der Waals surface area (Å²) in [6.07, 6.45) is 0.258. The fourth-order valence-electron chi connectivity index (χ4n) is 2.79. The molecule has 2 N–H and O–H groups in total. The van der Waals surface area contributed by atoms with Crippen molar-refractivity contribution in [2.75, 3.05) is 0 Å². The molecular weight excluding hydrogens is 380 g/mol. The van der Waals surface area contributed by atoms with E-state index in [2.05, 4.69) is 10.9 Å². The van der Waals surface area contributed by atoms with Crippen molar-refractivity contribution in [1.29, 1.82) is 0 Å². The van der Waals surface area contributed by atoms with Gasteiger partial charge in [-0.15, -0.1) is 0 Å². The number of fused-ring (bicyclic) bond motifs is 1. The molecule has 0 radical (unpaired) electrons. The van der Waals surface area contributed by atoms with E-state index in [4.69, 9.17) is 4.74 Å². The first kappa shape index (κ1) is 20.1. The van der Waals surface area contributed by atoms with E-state index >= 15 is 0 Å². The molecule has 28 heavy (non-hydrogen) atoms. The molecule has 3 rings (SSSR count). The Kier molecular flexibility index (Phi) is 5.34. The van der Waals surface area contributed by atoms with Gasteiger partial charge in [-0.1, -0.05) is 30.3 Å². The topological polar surface area (TPSA) is 102 Å². The lowest BCUT2D eigenvalue weighted by Gasteiger charge is -2.24. The predicted molar refractivity (Wildman–Crippen MR) is 106 cm³/mol. The monoisotopic (exact) mass is 404 g/mol. The summed E-state index contributed by atoms with van der Waals surface area (Å²) < 4.78 is 28.8. The molecule has 0 spiro atoms. The van der Waals surface area contributed by atoms with Gasteiger partial charge in [0.25, 0.3) is 11.8 Å². The second kappa shape index (κ2) is 7.43. The molecule has 0 saturated heterocycles. The summed E-state index contributed by atoms with van der Waals surface area (Å²) in [4.78, 5) is 24.6. The zero-order chi connectivity index (χ0) is 20.5. The number of hydrogen-bond donors (Lipinski definition) is 2. The Balaban J connectivity index is 1.58. The van der Waals surface area contributed by atoms with Crippen LogP contribution in [0.3, 0.4) is 0 Å². The third kappa shape index (κ3) is 3.96. The molecule has 1 aliphatic carbocycles. The van der Waals surface area contributed by atoms with Crippen LogP contribution in [0.2, 0.25) is 0 Å². The number of carbonyl (C=O) groups is 2. The van der Waals surface area contributed by atoms with Gasteiger partial charge in [0.05, 0.1) is 5.25 Å². The number of benzene rings is 2. The molecule has 150 valence electrons. The van der Waals surface area contributed by atoms with Gasteiger partial charge >= 0.3 is 0 Å². The van der Waals surface area contributed by atoms with Gasteiger partial charge in [0.15, 0.2) is 15.9 Å². The normalized spacial score (nSPS) is 15.7. The standard InChI is InChI=1S/C20H24N2O5S/c1-13(27-16-9-8-14-6-4-5-7-15(14)12-16)18(23)21-22-19(24)20(2,3)28(25,26)17-10-11-17/h4-9,12-13,17H,10-11H2,1-3H3,(H,21,23)(H,22,24)/t13-/m0/s1. The average Bonchev–Trinajstić information content (AvgIpc) is 3.51. The van der Waals surface area contributed by atoms with E-state index in [1.807, 2.05) is 36.4 Å². The van der Waals surface area contributed by atoms with Crippen LogP contribution in [0.15, 0.2) is 42.5 Å². The Morgan fingerprint density at radius 1 is 1.07 bits per heavy atom. The second-order valence-corrected chi connectivity index (χ2v) is 10.2. The van der Waals surface area contributed by atoms with Crippen LogP contribution in [0.25, 0.3) is 10.8 Å². The van der Waals surface area contributed by atoms with Gasteiger partial charge in [0, 0.05) is 0 Å². The number of nitrogens with one attached hydrogen (secondary N) is 2. The lowest BCUT2D eigenvalue weighted by atomic mass is 10.1. The molecule has 8 heteroatoms. The molecule has 2 amide bonds. The van der Waals surface area contributed by atoms with Crippen molar-refractivity contribution in [3.05, 3.63) is 42.5 Å². The molecule has 1 fully saturated rings. The molecule has 0 unspecified atom stereocenters. The Morgan fingerprint density at radius 2 is 1.71 bits per heavy atom. The Hall–Kier alpha value is -2.61. The quantitative estimate of drug-likeness (QED) is 0.718. The smallest absolute Gasteiger partial charge is 0.279 e. The van der Waals surface area contributed by atoms with Gasteiger partial charge in [0.1, 0.15) is 10.5 Å². The summed E-state index contributed by atoms with van der Waals surface area (Å²) in [7, 11) is -3.60. The molecule has 7 nitrogen and oxygen atoms in total. The third-order valence-electron chi connectivity index (χ3n) is 4.92. The number of ether oxygens (including phenoxy) is 1. The summed E-state index contributed by atoms with van der Waals surface area (Å²) in [5, 5.41) is 1.56. The van der Waals surface area contributed by atoms with Gasteiger partial charge in [-0.3, -0.25) is 20.4 Å². The lowest BCUT2D eigenvalue weighted by Crippen LogP contribution is -2.56. The molecule has 0 aliphatic heterocycles. The fraction of sp³-hybridized carbons (Fsp3) is 0.400. The number of sulfone groups is 1. The molecular formula is C20H24N2O5S. The van der Waals surface area contributed by atoms with Gasteiger partial charge in [-0.25, -0.2) is 8.42 Å². The van der Waals surface area contributed by atoms with E-state index in [1.54, 1.807) is 13.0 Å². The van der Waals surface area contributed by atoms with Crippen molar-refractivity contribution in [3.8, 4) is 5.75 Å². The van der Waals surface area contributed by atoms with E-state index in [0.717, 1.165) is 10.8 Å². The largest absolute Gasteiger partial charge is 0.481 e. The highest BCUT2D eigenvalue weighted by Gasteiger charge is 2.50. The maximum Gasteiger partial charge on any atom is 0.279 e. The van der Waals surface area contributed by atoms with Crippen LogP contribution >= 0.6 is 0 Å². The first-order valence-electron chi connectivity index (χ1n) is 9.12. The van der Waals surface area contributed by atoms with Gasteiger partial charge < -0.3 is 4.74 Å². The van der Waals surface area contributed by atoms with Crippen LogP contribution in [-0.4, -0.2) is 36.3 Å². The van der Waals surface area contributed by atoms with Crippen LogP contribution in [0.1, 0.15) is 33.6 Å². The summed E-state index contributed by atoms with van der Waals surface area (Å²) in [6.45, 7) is 4.23. The van der Waals surface area contributed by atoms with Crippen molar-refractivity contribution in [2.24, 2.45) is 0 Å². The number of rotatable bonds is 6. The molecule has 2 aromatic rings. The van der Waals surface area contributed by atoms with Gasteiger partial charge in [0.2, 0.25) is 0 Å². The van der Waals surface area contributed by atoms with Crippen LogP contribution in [0, 0.1) is 0 Å². The summed E-state index contributed by atoms with van der Waals surface area (Å²) in [5.41, 5.74) is 4.46. The summed E-state index contributed by atoms with van der Waals surface area (Å²) in [5.74, 6) is -0.837. The fourth-order valence-corrected chi connectivity index (χ4v) is 4.69. The van der Waals surface area contributed by atoms with E-state index in [0.29, 0.717) is 18.6 Å². The van der Waals surface area contributed by atoms with Crippen LogP contribution in [-0.2, 0) is 19.4 Å². The second-order valence-electron chi connectivity index (χ2n) is 7.47. The van der Waals surface area contributed by atoms with E-state index in [-0.39, 0.29) is 0 Å². The molecule has 0 aromatic heterocycles. The maximum absolute atomic E-state index is 12.4. The van der Waals surface area contributed by atoms with Crippen molar-refractivity contribution in [3.63, 3.8) is 0 Å². The van der Waals surface area contributed by atoms with Crippen molar-refractivity contribution in [1.82, 2.24) is 10.9 Å². The molecule has 2 aromatic carbocycles. The third-order valence-corrected chi connectivity index (χ3v) is 7.88. The first-order chi connectivity index (χ1) is 13.1. The van der Waals surface area contributed by atoms with Crippen molar-refractivity contribution < 1.29 is 22.7 Å². The number of amides is 2. The molecule has 1 saturated carbocycles. The Morgan fingerprint density at radius 3 is 2.36 bits per heavy atom. The van der Waals surface area contributed by atoms with Crippen LogP contribution in [0.5, 0.6) is 5.75 Å². The van der Waals surface area contributed by atoms with E-state index in [1.165, 1.54) is 13.8 Å². The van der Waals surface area contributed by atoms with Gasteiger partial charge in [-0.2, -0.15) is 0 Å². The zero-order valence-electron chi connectivity index (χ0n) is 16.1. The molecule has 1 aliphatic rings. The predicted octanol–water partition coefficient (Wildman–Crippen LogP) is 2.11. The minimum absolute atomic E-state index is 0.473. The number of hydrogen-bond acceptors (Lipinski definition) is 5. The zero-order valence-corrected chi connectivity index (χ0v) is 16.9. The maximum atomic E-state index is 12.4. The average molecular weight is 404 g/mol. The molecule has 1 atom stereocenters. The van der Waals surface area contributed by atoms with Crippen LogP contribution in [0.4, 0.5) is 0 Å². The Bertz CT molecular complexity index is 1010. The van der Waals surface area contributed by atoms with E-state index in [9.17, 15) is 18.0 Å². The highest BCUT2D eigenvalue weighted by Crippen LogP contribution is 2.36. The minimum Gasteiger partial charge on any atom is -0.481 e. The lowest BCUT2D eigenvalue weighted by molar-refractivity contribution is -0.133. The minimum atomic E-state index is -3.60.